The fourth-order valence-corrected chi connectivity index (χ4v) is 2.41. The molecule has 0 saturated carbocycles. The first-order valence-electron chi connectivity index (χ1n) is 4.06. The molecule has 4 N–H and O–H groups in total. The summed E-state index contributed by atoms with van der Waals surface area (Å²) in [5.74, 6) is 0.579. The first kappa shape index (κ1) is 8.47. The Hall–Kier alpha value is -1.13. The summed E-state index contributed by atoms with van der Waals surface area (Å²) in [5, 5.41) is 1.17. The van der Waals surface area contributed by atoms with Crippen LogP contribution in [0.1, 0.15) is 10.6 Å². The molecular formula is C9H11N3S. The van der Waals surface area contributed by atoms with Gasteiger partial charge in [-0.2, -0.15) is 0 Å². The molecule has 13 heavy (non-hydrogen) atoms. The normalized spacial score (nSPS) is 10.9. The highest BCUT2D eigenvalue weighted by atomic mass is 32.1. The first-order valence-corrected chi connectivity index (χ1v) is 4.88. The van der Waals surface area contributed by atoms with E-state index in [0.717, 1.165) is 5.69 Å². The predicted octanol–water partition coefficient (Wildman–Crippen LogP) is 1.65. The van der Waals surface area contributed by atoms with Crippen LogP contribution in [0.25, 0.3) is 10.1 Å². The molecule has 0 spiro atoms. The molecule has 0 saturated heterocycles. The zero-order chi connectivity index (χ0) is 9.42. The zero-order valence-corrected chi connectivity index (χ0v) is 8.19. The Labute approximate surface area is 80.4 Å². The lowest BCUT2D eigenvalue weighted by Gasteiger charge is -1.96. The zero-order valence-electron chi connectivity index (χ0n) is 7.37. The molecular weight excluding hydrogens is 182 g/mol. The highest BCUT2D eigenvalue weighted by Crippen LogP contribution is 2.28. The van der Waals surface area contributed by atoms with Crippen LogP contribution in [0.2, 0.25) is 0 Å². The van der Waals surface area contributed by atoms with E-state index in [1.807, 2.05) is 13.0 Å². The second kappa shape index (κ2) is 2.97. The van der Waals surface area contributed by atoms with Crippen molar-refractivity contribution in [1.29, 1.82) is 0 Å². The monoisotopic (exact) mass is 193 g/mol. The van der Waals surface area contributed by atoms with Gasteiger partial charge in [0.05, 0.1) is 0 Å². The Morgan fingerprint density at radius 1 is 1.46 bits per heavy atom. The van der Waals surface area contributed by atoms with Gasteiger partial charge in [0.2, 0.25) is 0 Å². The Bertz CT molecular complexity index is 447. The van der Waals surface area contributed by atoms with E-state index in [1.54, 1.807) is 11.3 Å². The van der Waals surface area contributed by atoms with Gasteiger partial charge in [0.1, 0.15) is 5.82 Å². The Morgan fingerprint density at radius 2 is 2.23 bits per heavy atom. The number of nitrogens with zero attached hydrogens (tertiary/aromatic N) is 1. The SMILES string of the molecule is Cc1nc(N)cc2sc(CN)cc12. The molecule has 2 heterocycles. The molecule has 0 aliphatic rings. The molecule has 0 amide bonds. The number of nitrogen functional groups attached to an aromatic ring is 1. The molecule has 4 heteroatoms. The van der Waals surface area contributed by atoms with Crippen LogP contribution in [0.5, 0.6) is 0 Å². The maximum Gasteiger partial charge on any atom is 0.125 e. The fourth-order valence-electron chi connectivity index (χ4n) is 1.37. The van der Waals surface area contributed by atoms with Crippen LogP contribution in [0.15, 0.2) is 12.1 Å². The summed E-state index contributed by atoms with van der Waals surface area (Å²) >= 11 is 1.68. The summed E-state index contributed by atoms with van der Waals surface area (Å²) in [4.78, 5) is 5.36. The highest BCUT2D eigenvalue weighted by Gasteiger charge is 2.04. The minimum atomic E-state index is 0.579. The summed E-state index contributed by atoms with van der Waals surface area (Å²) < 4.78 is 1.17. The molecule has 0 bridgehead atoms. The number of nitrogens with two attached hydrogens (primary N) is 2. The summed E-state index contributed by atoms with van der Waals surface area (Å²) in [5.41, 5.74) is 12.2. The lowest BCUT2D eigenvalue weighted by molar-refractivity contribution is 1.11. The quantitative estimate of drug-likeness (QED) is 0.723. The summed E-state index contributed by atoms with van der Waals surface area (Å²) in [7, 11) is 0. The van der Waals surface area contributed by atoms with Crippen LogP contribution >= 0.6 is 11.3 Å². The highest BCUT2D eigenvalue weighted by molar-refractivity contribution is 7.19. The largest absolute Gasteiger partial charge is 0.384 e. The lowest BCUT2D eigenvalue weighted by atomic mass is 10.2. The van der Waals surface area contributed by atoms with E-state index >= 15 is 0 Å². The lowest BCUT2D eigenvalue weighted by Crippen LogP contribution is -1.91. The third-order valence-corrected chi connectivity index (χ3v) is 3.08. The topological polar surface area (TPSA) is 64.9 Å². The number of aryl methyl sites for hydroxylation is 1. The van der Waals surface area contributed by atoms with Crippen molar-refractivity contribution in [3.8, 4) is 0 Å². The molecule has 2 aromatic heterocycles. The Morgan fingerprint density at radius 3 is 2.92 bits per heavy atom. The Balaban J connectivity index is 2.75. The average molecular weight is 193 g/mol. The van der Waals surface area contributed by atoms with Crippen LogP contribution < -0.4 is 11.5 Å². The van der Waals surface area contributed by atoms with Gasteiger partial charge in [-0.25, -0.2) is 4.98 Å². The average Bonchev–Trinajstić information content (AvgIpc) is 2.47. The number of aromatic nitrogens is 1. The number of anilines is 1. The number of rotatable bonds is 1. The number of hydrogen-bond donors (Lipinski definition) is 2. The second-order valence-corrected chi connectivity index (χ2v) is 4.13. The maximum absolute atomic E-state index is 5.64. The van der Waals surface area contributed by atoms with Crippen molar-refractivity contribution in [3.05, 3.63) is 22.7 Å². The van der Waals surface area contributed by atoms with E-state index in [9.17, 15) is 0 Å². The van der Waals surface area contributed by atoms with E-state index in [4.69, 9.17) is 11.5 Å². The summed E-state index contributed by atoms with van der Waals surface area (Å²) in [6, 6.07) is 3.98. The first-order chi connectivity index (χ1) is 6.20. The van der Waals surface area contributed by atoms with E-state index < -0.39 is 0 Å². The van der Waals surface area contributed by atoms with E-state index in [2.05, 4.69) is 11.1 Å². The van der Waals surface area contributed by atoms with Gasteiger partial charge < -0.3 is 11.5 Å². The summed E-state index contributed by atoms with van der Waals surface area (Å²) in [6.07, 6.45) is 0. The molecule has 0 aliphatic heterocycles. The van der Waals surface area contributed by atoms with Gasteiger partial charge in [0, 0.05) is 27.2 Å². The van der Waals surface area contributed by atoms with E-state index in [1.165, 1.54) is 15.0 Å². The van der Waals surface area contributed by atoms with Gasteiger partial charge >= 0.3 is 0 Å². The van der Waals surface area contributed by atoms with Crippen molar-refractivity contribution in [3.63, 3.8) is 0 Å². The smallest absolute Gasteiger partial charge is 0.125 e. The van der Waals surface area contributed by atoms with Crippen molar-refractivity contribution < 1.29 is 0 Å². The molecule has 0 atom stereocenters. The van der Waals surface area contributed by atoms with Crippen molar-refractivity contribution >= 4 is 27.2 Å². The van der Waals surface area contributed by atoms with Crippen LogP contribution in [-0.2, 0) is 6.54 Å². The van der Waals surface area contributed by atoms with Crippen LogP contribution in [0.3, 0.4) is 0 Å². The van der Waals surface area contributed by atoms with Crippen LogP contribution in [0, 0.1) is 6.92 Å². The number of hydrogen-bond acceptors (Lipinski definition) is 4. The number of pyridine rings is 1. The predicted molar refractivity (Wildman–Crippen MR) is 56.7 cm³/mol. The fraction of sp³-hybridized carbons (Fsp3) is 0.222. The molecule has 2 rings (SSSR count). The van der Waals surface area contributed by atoms with Gasteiger partial charge in [-0.15, -0.1) is 11.3 Å². The van der Waals surface area contributed by atoms with Crippen LogP contribution in [0.4, 0.5) is 5.82 Å². The number of fused-ring (bicyclic) bond motifs is 1. The van der Waals surface area contributed by atoms with Crippen molar-refractivity contribution in [2.24, 2.45) is 5.73 Å². The van der Waals surface area contributed by atoms with Gasteiger partial charge in [-0.05, 0) is 19.1 Å². The van der Waals surface area contributed by atoms with E-state index in [-0.39, 0.29) is 0 Å². The minimum Gasteiger partial charge on any atom is -0.384 e. The van der Waals surface area contributed by atoms with Crippen LogP contribution in [-0.4, -0.2) is 4.98 Å². The Kier molecular flexibility index (Phi) is 1.94. The third-order valence-electron chi connectivity index (χ3n) is 1.98. The van der Waals surface area contributed by atoms with Gasteiger partial charge in [0.15, 0.2) is 0 Å². The molecule has 2 aromatic rings. The van der Waals surface area contributed by atoms with Crippen molar-refractivity contribution in [1.82, 2.24) is 4.98 Å². The van der Waals surface area contributed by atoms with Gasteiger partial charge in [-0.1, -0.05) is 0 Å². The van der Waals surface area contributed by atoms with Crippen molar-refractivity contribution in [2.45, 2.75) is 13.5 Å². The molecule has 0 radical (unpaired) electrons. The molecule has 0 aliphatic carbocycles. The summed E-state index contributed by atoms with van der Waals surface area (Å²) in [6.45, 7) is 2.55. The minimum absolute atomic E-state index is 0.579. The standard InChI is InChI=1S/C9H11N3S/c1-5-7-2-6(4-10)13-8(7)3-9(11)12-5/h2-3H,4,10H2,1H3,(H2,11,12). The van der Waals surface area contributed by atoms with Gasteiger partial charge in [0.25, 0.3) is 0 Å². The molecule has 0 fully saturated rings. The second-order valence-electron chi connectivity index (χ2n) is 2.96. The number of thiophene rings is 1. The van der Waals surface area contributed by atoms with Gasteiger partial charge in [-0.3, -0.25) is 0 Å². The molecule has 3 nitrogen and oxygen atoms in total. The van der Waals surface area contributed by atoms with E-state index in [0.29, 0.717) is 12.4 Å². The maximum atomic E-state index is 5.64. The van der Waals surface area contributed by atoms with Crippen molar-refractivity contribution in [2.75, 3.05) is 5.73 Å². The third kappa shape index (κ3) is 1.38. The molecule has 0 unspecified atom stereocenters. The molecule has 0 aromatic carbocycles. The molecule has 68 valence electrons.